The monoisotopic (exact) mass is 354 g/mol. The Hall–Kier alpha value is -1.56. The minimum Gasteiger partial charge on any atom is -0.241 e. The molecule has 0 bridgehead atoms. The van der Waals surface area contributed by atoms with Crippen molar-refractivity contribution in [1.82, 2.24) is 9.97 Å². The summed E-state index contributed by atoms with van der Waals surface area (Å²) in [6.07, 6.45) is 0. The second-order valence-electron chi connectivity index (χ2n) is 6.02. The van der Waals surface area contributed by atoms with E-state index < -0.39 is 0 Å². The number of nitrogens with zero attached hydrogens (tertiary/aromatic N) is 2. The molecule has 3 aromatic heterocycles. The van der Waals surface area contributed by atoms with E-state index in [1.165, 1.54) is 51.7 Å². The smallest absolute Gasteiger partial charge is 0.0907 e. The zero-order chi connectivity index (χ0) is 15.9. The number of hydrogen-bond donors (Lipinski definition) is 0. The lowest BCUT2D eigenvalue weighted by atomic mass is 10.1. The number of thiophene rings is 1. The van der Waals surface area contributed by atoms with Crippen molar-refractivity contribution in [2.24, 2.45) is 0 Å². The van der Waals surface area contributed by atoms with Crippen LogP contribution in [0.5, 0.6) is 0 Å². The molecule has 23 heavy (non-hydrogen) atoms. The van der Waals surface area contributed by atoms with Crippen molar-refractivity contribution >= 4 is 74.6 Å². The summed E-state index contributed by atoms with van der Waals surface area (Å²) in [5.41, 5.74) is 4.96. The summed E-state index contributed by atoms with van der Waals surface area (Å²) in [7, 11) is 0. The fraction of sp³-hybridized carbons (Fsp3) is 0.222. The van der Waals surface area contributed by atoms with Gasteiger partial charge in [-0.05, 0) is 51.0 Å². The van der Waals surface area contributed by atoms with Crippen LogP contribution in [-0.2, 0) is 0 Å². The molecule has 0 spiro atoms. The maximum Gasteiger partial charge on any atom is 0.0907 e. The molecule has 5 rings (SSSR count). The predicted molar refractivity (Wildman–Crippen MR) is 105 cm³/mol. The third-order valence-corrected chi connectivity index (χ3v) is 7.74. The molecule has 3 heterocycles. The Kier molecular flexibility index (Phi) is 2.71. The normalized spacial score (nSPS) is 12.3. The Balaban J connectivity index is 2.05. The van der Waals surface area contributed by atoms with Gasteiger partial charge in [0, 0.05) is 20.2 Å². The second kappa shape index (κ2) is 4.50. The highest BCUT2D eigenvalue weighted by Crippen LogP contribution is 2.44. The number of thiazole rings is 2. The molecule has 2 nitrogen and oxygen atoms in total. The third-order valence-electron chi connectivity index (χ3n) is 4.45. The van der Waals surface area contributed by atoms with Crippen molar-refractivity contribution in [1.29, 1.82) is 0 Å². The van der Waals surface area contributed by atoms with Crippen molar-refractivity contribution < 1.29 is 0 Å². The van der Waals surface area contributed by atoms with Crippen molar-refractivity contribution in [3.8, 4) is 0 Å². The molecule has 0 aliphatic carbocycles. The molecular weight excluding hydrogens is 340 g/mol. The first kappa shape index (κ1) is 13.8. The standard InChI is InChI=1S/C18H14N2S3/c1-7-15-13(21-9(3)19-15)5-11-12-6-14-16(20-10(4)22-14)8(2)18(12)23-17(7)11/h5-6H,1-4H3. The van der Waals surface area contributed by atoms with Crippen LogP contribution in [0.3, 0.4) is 0 Å². The SMILES string of the molecule is Cc1nc2c(C)c3sc4c(C)c5nc(C)sc5cc4c3cc2s1. The van der Waals surface area contributed by atoms with Gasteiger partial charge in [0.1, 0.15) is 0 Å². The number of aromatic nitrogens is 2. The number of aryl methyl sites for hydroxylation is 4. The van der Waals surface area contributed by atoms with Crippen LogP contribution in [0.1, 0.15) is 21.1 Å². The van der Waals surface area contributed by atoms with Gasteiger partial charge < -0.3 is 0 Å². The zero-order valence-corrected chi connectivity index (χ0v) is 15.7. The molecule has 5 aromatic rings. The molecule has 2 aromatic carbocycles. The predicted octanol–water partition coefficient (Wildman–Crippen LogP) is 6.51. The molecular formula is C18H14N2S3. The number of benzene rings is 2. The van der Waals surface area contributed by atoms with Crippen LogP contribution in [0.4, 0.5) is 0 Å². The molecule has 0 radical (unpaired) electrons. The lowest BCUT2D eigenvalue weighted by Gasteiger charge is -1.99. The Morgan fingerprint density at radius 2 is 1.09 bits per heavy atom. The molecule has 0 aliphatic heterocycles. The van der Waals surface area contributed by atoms with E-state index in [0.29, 0.717) is 0 Å². The third kappa shape index (κ3) is 1.78. The fourth-order valence-corrected chi connectivity index (χ4v) is 6.51. The minimum absolute atomic E-state index is 1.14. The average Bonchev–Trinajstić information content (AvgIpc) is 3.15. The van der Waals surface area contributed by atoms with Crippen LogP contribution in [0.25, 0.3) is 40.6 Å². The molecule has 0 saturated heterocycles. The van der Waals surface area contributed by atoms with E-state index in [1.54, 1.807) is 22.7 Å². The Morgan fingerprint density at radius 3 is 1.52 bits per heavy atom. The first-order chi connectivity index (χ1) is 11.0. The lowest BCUT2D eigenvalue weighted by molar-refractivity contribution is 1.33. The Morgan fingerprint density at radius 1 is 0.652 bits per heavy atom. The highest BCUT2D eigenvalue weighted by Gasteiger charge is 2.17. The van der Waals surface area contributed by atoms with Gasteiger partial charge in [0.15, 0.2) is 0 Å². The average molecular weight is 355 g/mol. The minimum atomic E-state index is 1.14. The summed E-state index contributed by atoms with van der Waals surface area (Å²) in [4.78, 5) is 9.45. The summed E-state index contributed by atoms with van der Waals surface area (Å²) in [6.45, 7) is 8.59. The van der Waals surface area contributed by atoms with Crippen molar-refractivity contribution in [3.05, 3.63) is 33.3 Å². The van der Waals surface area contributed by atoms with E-state index in [0.717, 1.165) is 10.0 Å². The van der Waals surface area contributed by atoms with E-state index in [9.17, 15) is 0 Å². The summed E-state index contributed by atoms with van der Waals surface area (Å²) >= 11 is 5.47. The van der Waals surface area contributed by atoms with E-state index in [2.05, 4.69) is 39.8 Å². The van der Waals surface area contributed by atoms with Gasteiger partial charge in [-0.2, -0.15) is 0 Å². The van der Waals surface area contributed by atoms with Gasteiger partial charge in [-0.1, -0.05) is 0 Å². The summed E-state index contributed by atoms with van der Waals surface area (Å²) < 4.78 is 5.33. The second-order valence-corrected chi connectivity index (χ2v) is 9.51. The van der Waals surface area contributed by atoms with Crippen LogP contribution in [-0.4, -0.2) is 9.97 Å². The largest absolute Gasteiger partial charge is 0.241 e. The van der Waals surface area contributed by atoms with Crippen LogP contribution in [0, 0.1) is 27.7 Å². The quantitative estimate of drug-likeness (QED) is 0.317. The van der Waals surface area contributed by atoms with Crippen molar-refractivity contribution in [2.45, 2.75) is 27.7 Å². The van der Waals surface area contributed by atoms with Gasteiger partial charge in [-0.25, -0.2) is 9.97 Å². The molecule has 0 unspecified atom stereocenters. The lowest BCUT2D eigenvalue weighted by Crippen LogP contribution is -1.78. The van der Waals surface area contributed by atoms with Crippen molar-refractivity contribution in [3.63, 3.8) is 0 Å². The van der Waals surface area contributed by atoms with Gasteiger partial charge in [0.2, 0.25) is 0 Å². The van der Waals surface area contributed by atoms with E-state index in [1.807, 2.05) is 11.3 Å². The first-order valence-corrected chi connectivity index (χ1v) is 9.97. The molecule has 0 amide bonds. The molecule has 0 N–H and O–H groups in total. The summed E-state index contributed by atoms with van der Waals surface area (Å²) in [6, 6.07) is 4.67. The van der Waals surface area contributed by atoms with Crippen LogP contribution < -0.4 is 0 Å². The highest BCUT2D eigenvalue weighted by molar-refractivity contribution is 7.27. The first-order valence-electron chi connectivity index (χ1n) is 7.52. The molecule has 5 heteroatoms. The number of hydrogen-bond acceptors (Lipinski definition) is 5. The van der Waals surface area contributed by atoms with Crippen LogP contribution in [0.15, 0.2) is 12.1 Å². The zero-order valence-electron chi connectivity index (χ0n) is 13.3. The Bertz CT molecular complexity index is 1160. The molecule has 0 atom stereocenters. The van der Waals surface area contributed by atoms with E-state index in [4.69, 9.17) is 9.97 Å². The summed E-state index contributed by atoms with van der Waals surface area (Å²) in [5, 5.41) is 5.02. The molecule has 0 aliphatic rings. The topological polar surface area (TPSA) is 25.8 Å². The number of rotatable bonds is 0. The number of fused-ring (bicyclic) bond motifs is 5. The van der Waals surface area contributed by atoms with Gasteiger partial charge in [0.05, 0.1) is 30.4 Å². The van der Waals surface area contributed by atoms with Gasteiger partial charge in [-0.15, -0.1) is 34.0 Å². The molecule has 114 valence electrons. The fourth-order valence-electron chi connectivity index (χ4n) is 3.40. The van der Waals surface area contributed by atoms with E-state index >= 15 is 0 Å². The molecule has 0 fully saturated rings. The highest BCUT2D eigenvalue weighted by atomic mass is 32.1. The maximum absolute atomic E-state index is 4.73. The van der Waals surface area contributed by atoms with Gasteiger partial charge >= 0.3 is 0 Å². The van der Waals surface area contributed by atoms with Gasteiger partial charge in [0.25, 0.3) is 0 Å². The summed E-state index contributed by atoms with van der Waals surface area (Å²) in [5.74, 6) is 0. The molecule has 0 saturated carbocycles. The van der Waals surface area contributed by atoms with Crippen LogP contribution >= 0.6 is 34.0 Å². The Labute approximate surface area is 145 Å². The van der Waals surface area contributed by atoms with Gasteiger partial charge in [-0.3, -0.25) is 0 Å². The van der Waals surface area contributed by atoms with E-state index in [-0.39, 0.29) is 0 Å². The van der Waals surface area contributed by atoms with Crippen molar-refractivity contribution in [2.75, 3.05) is 0 Å². The maximum atomic E-state index is 4.73. The van der Waals surface area contributed by atoms with Crippen LogP contribution in [0.2, 0.25) is 0 Å².